The Kier molecular flexibility index (Phi) is 4.94. The van der Waals surface area contributed by atoms with Crippen LogP contribution in [-0.2, 0) is 0 Å². The van der Waals surface area contributed by atoms with Crippen LogP contribution in [0.5, 0.6) is 0 Å². The number of nitriles is 1. The van der Waals surface area contributed by atoms with Crippen molar-refractivity contribution < 1.29 is 0 Å². The van der Waals surface area contributed by atoms with Gasteiger partial charge in [-0.05, 0) is 13.8 Å². The predicted octanol–water partition coefficient (Wildman–Crippen LogP) is 0.917. The van der Waals surface area contributed by atoms with Crippen molar-refractivity contribution in [2.24, 2.45) is 11.1 Å². The summed E-state index contributed by atoms with van der Waals surface area (Å²) in [6, 6.07) is 2.07. The van der Waals surface area contributed by atoms with E-state index in [0.717, 1.165) is 0 Å². The van der Waals surface area contributed by atoms with Crippen molar-refractivity contribution in [1.82, 2.24) is 0 Å². The Balaban J connectivity index is 0. The van der Waals surface area contributed by atoms with Gasteiger partial charge in [-0.1, -0.05) is 0 Å². The number of hydrogen-bond acceptors (Lipinski definition) is 2. The van der Waals surface area contributed by atoms with Crippen LogP contribution in [-0.4, -0.2) is 6.54 Å². The Hall–Kier alpha value is -0.260. The van der Waals surface area contributed by atoms with Gasteiger partial charge in [0.15, 0.2) is 0 Å². The SMILES string of the molecule is CC(C)(C#N)CN.Cl. The highest BCUT2D eigenvalue weighted by Crippen LogP contribution is 2.08. The normalized spacial score (nSPS) is 9.25. The summed E-state index contributed by atoms with van der Waals surface area (Å²) in [5.74, 6) is 0. The van der Waals surface area contributed by atoms with Gasteiger partial charge >= 0.3 is 0 Å². The summed E-state index contributed by atoms with van der Waals surface area (Å²) in [5.41, 5.74) is 4.86. The highest BCUT2D eigenvalue weighted by Gasteiger charge is 2.11. The van der Waals surface area contributed by atoms with E-state index in [1.807, 2.05) is 13.8 Å². The summed E-state index contributed by atoms with van der Waals surface area (Å²) in [4.78, 5) is 0. The van der Waals surface area contributed by atoms with E-state index in [4.69, 9.17) is 11.0 Å². The molecule has 2 nitrogen and oxygen atoms in total. The zero-order chi connectivity index (χ0) is 5.91. The molecule has 0 radical (unpaired) electrons. The molecule has 0 aliphatic heterocycles. The predicted molar refractivity (Wildman–Crippen MR) is 35.7 cm³/mol. The standard InChI is InChI=1S/C5H10N2.ClH/c1-5(2,3-6)4-7;/h3,6H2,1-2H3;1H. The first-order chi connectivity index (χ1) is 3.12. The molecule has 0 aliphatic rings. The van der Waals surface area contributed by atoms with Crippen LogP contribution in [0.3, 0.4) is 0 Å². The maximum atomic E-state index is 8.26. The van der Waals surface area contributed by atoms with Gasteiger partial charge in [0.25, 0.3) is 0 Å². The zero-order valence-corrected chi connectivity index (χ0v) is 5.96. The topological polar surface area (TPSA) is 49.8 Å². The van der Waals surface area contributed by atoms with Gasteiger partial charge in [0.1, 0.15) is 0 Å². The van der Waals surface area contributed by atoms with Crippen molar-refractivity contribution in [3.05, 3.63) is 0 Å². The van der Waals surface area contributed by atoms with Crippen LogP contribution in [0.25, 0.3) is 0 Å². The van der Waals surface area contributed by atoms with Crippen molar-refractivity contribution in [2.75, 3.05) is 6.54 Å². The molecule has 0 amide bonds. The fraction of sp³-hybridized carbons (Fsp3) is 0.800. The molecule has 0 rings (SSSR count). The molecule has 0 aromatic heterocycles. The Morgan fingerprint density at radius 2 is 2.00 bits per heavy atom. The fourth-order valence-corrected chi connectivity index (χ4v) is 0.0456. The first-order valence-corrected chi connectivity index (χ1v) is 2.24. The zero-order valence-electron chi connectivity index (χ0n) is 5.14. The minimum Gasteiger partial charge on any atom is -0.329 e. The van der Waals surface area contributed by atoms with Crippen LogP contribution in [0.4, 0.5) is 0 Å². The van der Waals surface area contributed by atoms with Crippen molar-refractivity contribution in [2.45, 2.75) is 13.8 Å². The van der Waals surface area contributed by atoms with E-state index >= 15 is 0 Å². The molecule has 3 heteroatoms. The van der Waals surface area contributed by atoms with Crippen molar-refractivity contribution in [1.29, 1.82) is 5.26 Å². The Labute approximate surface area is 56.1 Å². The number of hydrogen-bond donors (Lipinski definition) is 1. The third kappa shape index (κ3) is 3.91. The molecule has 0 saturated carbocycles. The van der Waals surface area contributed by atoms with Crippen LogP contribution in [0.15, 0.2) is 0 Å². The third-order valence-corrected chi connectivity index (χ3v) is 0.813. The number of nitrogens with zero attached hydrogens (tertiary/aromatic N) is 1. The van der Waals surface area contributed by atoms with Gasteiger partial charge in [-0.15, -0.1) is 12.4 Å². The maximum Gasteiger partial charge on any atom is 0.0697 e. The van der Waals surface area contributed by atoms with E-state index in [0.29, 0.717) is 6.54 Å². The summed E-state index contributed by atoms with van der Waals surface area (Å²) in [7, 11) is 0. The summed E-state index contributed by atoms with van der Waals surface area (Å²) < 4.78 is 0. The molecule has 0 aromatic rings. The second kappa shape index (κ2) is 3.71. The van der Waals surface area contributed by atoms with Crippen LogP contribution in [0, 0.1) is 16.7 Å². The molecule has 0 aromatic carbocycles. The average molecular weight is 135 g/mol. The molecule has 48 valence electrons. The molecule has 0 heterocycles. The molecule has 2 N–H and O–H groups in total. The number of nitrogens with two attached hydrogens (primary N) is 1. The average Bonchev–Trinajstić information content (AvgIpc) is 1.68. The van der Waals surface area contributed by atoms with Crippen LogP contribution >= 0.6 is 12.4 Å². The number of rotatable bonds is 1. The molecule has 0 fully saturated rings. The van der Waals surface area contributed by atoms with Gasteiger partial charge < -0.3 is 5.73 Å². The van der Waals surface area contributed by atoms with Gasteiger partial charge in [0.05, 0.1) is 11.5 Å². The fourth-order valence-electron chi connectivity index (χ4n) is 0.0456. The largest absolute Gasteiger partial charge is 0.329 e. The van der Waals surface area contributed by atoms with Gasteiger partial charge in [-0.2, -0.15) is 5.26 Å². The van der Waals surface area contributed by atoms with E-state index in [1.54, 1.807) is 0 Å². The summed E-state index contributed by atoms with van der Waals surface area (Å²) in [5, 5.41) is 8.26. The monoisotopic (exact) mass is 134 g/mol. The Morgan fingerprint density at radius 1 is 1.62 bits per heavy atom. The summed E-state index contributed by atoms with van der Waals surface area (Å²) >= 11 is 0. The molecule has 0 aliphatic carbocycles. The quantitative estimate of drug-likeness (QED) is 0.580. The first-order valence-electron chi connectivity index (χ1n) is 2.24. The first kappa shape index (κ1) is 10.7. The van der Waals surface area contributed by atoms with Gasteiger partial charge in [0, 0.05) is 6.54 Å². The minimum absolute atomic E-state index is 0. The van der Waals surface area contributed by atoms with Crippen LogP contribution in [0.1, 0.15) is 13.8 Å². The lowest BCUT2D eigenvalue weighted by molar-refractivity contribution is 0.511. The summed E-state index contributed by atoms with van der Waals surface area (Å²) in [6.07, 6.45) is 0. The van der Waals surface area contributed by atoms with Gasteiger partial charge in [-0.3, -0.25) is 0 Å². The third-order valence-electron chi connectivity index (χ3n) is 0.813. The highest BCUT2D eigenvalue weighted by molar-refractivity contribution is 5.85. The lowest BCUT2D eigenvalue weighted by Gasteiger charge is -2.08. The lowest BCUT2D eigenvalue weighted by Crippen LogP contribution is -2.20. The molecular formula is C5H11ClN2. The summed E-state index contributed by atoms with van der Waals surface area (Å²) in [6.45, 7) is 4.06. The molecule has 8 heavy (non-hydrogen) atoms. The molecule has 0 unspecified atom stereocenters. The van der Waals surface area contributed by atoms with Crippen LogP contribution < -0.4 is 5.73 Å². The van der Waals surface area contributed by atoms with Crippen molar-refractivity contribution >= 4 is 12.4 Å². The van der Waals surface area contributed by atoms with E-state index in [9.17, 15) is 0 Å². The van der Waals surface area contributed by atoms with E-state index < -0.39 is 0 Å². The van der Waals surface area contributed by atoms with Crippen LogP contribution in [0.2, 0.25) is 0 Å². The van der Waals surface area contributed by atoms with Gasteiger partial charge in [0.2, 0.25) is 0 Å². The number of halogens is 1. The van der Waals surface area contributed by atoms with E-state index in [2.05, 4.69) is 6.07 Å². The van der Waals surface area contributed by atoms with E-state index in [1.165, 1.54) is 0 Å². The smallest absolute Gasteiger partial charge is 0.0697 e. The molecule has 0 saturated heterocycles. The lowest BCUT2D eigenvalue weighted by atomic mass is 9.97. The molecule has 0 atom stereocenters. The minimum atomic E-state index is -0.333. The second-order valence-corrected chi connectivity index (χ2v) is 2.20. The molecule has 0 bridgehead atoms. The molecule has 0 spiro atoms. The Morgan fingerprint density at radius 3 is 2.00 bits per heavy atom. The second-order valence-electron chi connectivity index (χ2n) is 2.20. The van der Waals surface area contributed by atoms with E-state index in [-0.39, 0.29) is 17.8 Å². The molecular weight excluding hydrogens is 124 g/mol. The maximum absolute atomic E-state index is 8.26. The Bertz CT molecular complexity index is 93.1. The highest BCUT2D eigenvalue weighted by atomic mass is 35.5. The van der Waals surface area contributed by atoms with Gasteiger partial charge in [-0.25, -0.2) is 0 Å². The van der Waals surface area contributed by atoms with Crippen molar-refractivity contribution in [3.63, 3.8) is 0 Å². The van der Waals surface area contributed by atoms with Crippen molar-refractivity contribution in [3.8, 4) is 6.07 Å².